The van der Waals surface area contributed by atoms with Crippen molar-refractivity contribution >= 4 is 32.9 Å². The van der Waals surface area contributed by atoms with Gasteiger partial charge < -0.3 is 9.30 Å². The standard InChI is InChI=1S/C16H21BrN2O2/c1-5-21-16(20)12(8-10(2)3)15-18-13-9-11(17)6-7-14(13)19(15)4/h6-7,9-10,12H,5,8H2,1-4H3. The molecule has 0 aliphatic heterocycles. The van der Waals surface area contributed by atoms with Crippen LogP contribution in [-0.4, -0.2) is 22.1 Å². The molecule has 0 saturated heterocycles. The summed E-state index contributed by atoms with van der Waals surface area (Å²) in [5, 5.41) is 0. The average Bonchev–Trinajstić information content (AvgIpc) is 2.72. The Morgan fingerprint density at radius 3 is 2.76 bits per heavy atom. The van der Waals surface area contributed by atoms with Gasteiger partial charge in [0.25, 0.3) is 0 Å². The van der Waals surface area contributed by atoms with E-state index < -0.39 is 0 Å². The number of benzene rings is 1. The third-order valence-electron chi connectivity index (χ3n) is 3.47. The third kappa shape index (κ3) is 3.46. The van der Waals surface area contributed by atoms with E-state index in [-0.39, 0.29) is 11.9 Å². The SMILES string of the molecule is CCOC(=O)C(CC(C)C)c1nc2cc(Br)ccc2n1C. The van der Waals surface area contributed by atoms with E-state index in [4.69, 9.17) is 4.74 Å². The number of hydrogen-bond donors (Lipinski definition) is 0. The normalized spacial score (nSPS) is 12.9. The second kappa shape index (κ2) is 6.60. The van der Waals surface area contributed by atoms with E-state index in [9.17, 15) is 4.79 Å². The van der Waals surface area contributed by atoms with E-state index >= 15 is 0 Å². The minimum atomic E-state index is -0.318. The van der Waals surface area contributed by atoms with Gasteiger partial charge in [-0.15, -0.1) is 0 Å². The molecule has 1 aromatic carbocycles. The number of aromatic nitrogens is 2. The molecule has 114 valence electrons. The number of carbonyl (C=O) groups excluding carboxylic acids is 1. The maximum atomic E-state index is 12.3. The number of fused-ring (bicyclic) bond motifs is 1. The van der Waals surface area contributed by atoms with Gasteiger partial charge in [-0.05, 0) is 37.5 Å². The predicted molar refractivity (Wildman–Crippen MR) is 87.2 cm³/mol. The van der Waals surface area contributed by atoms with Crippen molar-refractivity contribution in [3.05, 3.63) is 28.5 Å². The van der Waals surface area contributed by atoms with Gasteiger partial charge in [0.05, 0.1) is 17.6 Å². The van der Waals surface area contributed by atoms with Crippen LogP contribution in [0.5, 0.6) is 0 Å². The van der Waals surface area contributed by atoms with Crippen molar-refractivity contribution in [2.45, 2.75) is 33.1 Å². The molecule has 0 radical (unpaired) electrons. The van der Waals surface area contributed by atoms with Crippen LogP contribution in [-0.2, 0) is 16.6 Å². The molecule has 0 fully saturated rings. The Kier molecular flexibility index (Phi) is 5.04. The second-order valence-corrected chi connectivity index (χ2v) is 6.51. The molecule has 0 N–H and O–H groups in total. The summed E-state index contributed by atoms with van der Waals surface area (Å²) >= 11 is 3.46. The van der Waals surface area contributed by atoms with Crippen LogP contribution in [0.15, 0.2) is 22.7 Å². The van der Waals surface area contributed by atoms with Crippen molar-refractivity contribution in [1.82, 2.24) is 9.55 Å². The summed E-state index contributed by atoms with van der Waals surface area (Å²) in [6.07, 6.45) is 0.733. The summed E-state index contributed by atoms with van der Waals surface area (Å²) in [5.41, 5.74) is 1.91. The minimum absolute atomic E-state index is 0.191. The van der Waals surface area contributed by atoms with Crippen LogP contribution in [0.4, 0.5) is 0 Å². The van der Waals surface area contributed by atoms with E-state index in [1.54, 1.807) is 0 Å². The van der Waals surface area contributed by atoms with Crippen molar-refractivity contribution in [1.29, 1.82) is 0 Å². The molecule has 0 amide bonds. The monoisotopic (exact) mass is 352 g/mol. The van der Waals surface area contributed by atoms with Crippen LogP contribution >= 0.6 is 15.9 Å². The van der Waals surface area contributed by atoms with Crippen LogP contribution in [0, 0.1) is 5.92 Å². The smallest absolute Gasteiger partial charge is 0.316 e. The number of nitrogens with zero attached hydrogens (tertiary/aromatic N) is 2. The topological polar surface area (TPSA) is 44.1 Å². The Bertz CT molecular complexity index is 649. The van der Waals surface area contributed by atoms with E-state index in [1.807, 2.05) is 36.7 Å². The fourth-order valence-electron chi connectivity index (χ4n) is 2.52. The first kappa shape index (κ1) is 16.0. The molecule has 1 atom stereocenters. The lowest BCUT2D eigenvalue weighted by atomic mass is 9.96. The van der Waals surface area contributed by atoms with E-state index in [0.29, 0.717) is 12.5 Å². The van der Waals surface area contributed by atoms with E-state index in [2.05, 4.69) is 34.8 Å². The van der Waals surface area contributed by atoms with Gasteiger partial charge in [-0.2, -0.15) is 0 Å². The van der Waals surface area contributed by atoms with Crippen LogP contribution in [0.25, 0.3) is 11.0 Å². The summed E-state index contributed by atoms with van der Waals surface area (Å²) in [6.45, 7) is 6.43. The first-order chi connectivity index (χ1) is 9.93. The zero-order valence-electron chi connectivity index (χ0n) is 12.9. The Labute approximate surface area is 133 Å². The third-order valence-corrected chi connectivity index (χ3v) is 3.96. The average molecular weight is 353 g/mol. The zero-order chi connectivity index (χ0) is 15.6. The zero-order valence-corrected chi connectivity index (χ0v) is 14.5. The molecule has 1 unspecified atom stereocenters. The highest BCUT2D eigenvalue weighted by atomic mass is 79.9. The first-order valence-electron chi connectivity index (χ1n) is 7.22. The van der Waals surface area contributed by atoms with Crippen molar-refractivity contribution in [2.24, 2.45) is 13.0 Å². The quantitative estimate of drug-likeness (QED) is 0.763. The number of esters is 1. The lowest BCUT2D eigenvalue weighted by molar-refractivity contribution is -0.145. The van der Waals surface area contributed by atoms with Crippen molar-refractivity contribution < 1.29 is 9.53 Å². The molecular formula is C16H21BrN2O2. The van der Waals surface area contributed by atoms with Gasteiger partial charge in [-0.3, -0.25) is 4.79 Å². The molecule has 0 saturated carbocycles. The fraction of sp³-hybridized carbons (Fsp3) is 0.500. The molecule has 0 bridgehead atoms. The van der Waals surface area contributed by atoms with Gasteiger partial charge in [0.1, 0.15) is 11.7 Å². The van der Waals surface area contributed by atoms with Gasteiger partial charge in [0.2, 0.25) is 0 Å². The molecule has 0 spiro atoms. The van der Waals surface area contributed by atoms with Crippen molar-refractivity contribution in [3.63, 3.8) is 0 Å². The van der Waals surface area contributed by atoms with E-state index in [1.165, 1.54) is 0 Å². The van der Waals surface area contributed by atoms with Gasteiger partial charge >= 0.3 is 5.97 Å². The summed E-state index contributed by atoms with van der Waals surface area (Å²) in [4.78, 5) is 17.0. The minimum Gasteiger partial charge on any atom is -0.465 e. The number of rotatable bonds is 5. The highest BCUT2D eigenvalue weighted by molar-refractivity contribution is 9.10. The molecule has 1 heterocycles. The Balaban J connectivity index is 2.48. The highest BCUT2D eigenvalue weighted by Crippen LogP contribution is 2.28. The number of halogens is 1. The van der Waals surface area contributed by atoms with Crippen LogP contribution < -0.4 is 0 Å². The number of hydrogen-bond acceptors (Lipinski definition) is 3. The highest BCUT2D eigenvalue weighted by Gasteiger charge is 2.28. The lowest BCUT2D eigenvalue weighted by Gasteiger charge is -2.17. The van der Waals surface area contributed by atoms with Gasteiger partial charge in [0, 0.05) is 11.5 Å². The molecule has 0 aliphatic rings. The number of ether oxygens (including phenoxy) is 1. The van der Waals surface area contributed by atoms with E-state index in [0.717, 1.165) is 27.8 Å². The van der Waals surface area contributed by atoms with Crippen LogP contribution in [0.3, 0.4) is 0 Å². The summed E-state index contributed by atoms with van der Waals surface area (Å²) in [7, 11) is 1.95. The summed E-state index contributed by atoms with van der Waals surface area (Å²) < 4.78 is 8.21. The van der Waals surface area contributed by atoms with Crippen molar-refractivity contribution in [2.75, 3.05) is 6.61 Å². The largest absolute Gasteiger partial charge is 0.465 e. The Morgan fingerprint density at radius 1 is 1.43 bits per heavy atom. The number of aryl methyl sites for hydroxylation is 1. The maximum Gasteiger partial charge on any atom is 0.316 e. The first-order valence-corrected chi connectivity index (χ1v) is 8.01. The Hall–Kier alpha value is -1.36. The van der Waals surface area contributed by atoms with Gasteiger partial charge in [0.15, 0.2) is 0 Å². The summed E-state index contributed by atoms with van der Waals surface area (Å²) in [6, 6.07) is 5.96. The maximum absolute atomic E-state index is 12.3. The number of imidazole rings is 1. The molecule has 2 aromatic rings. The Morgan fingerprint density at radius 2 is 2.14 bits per heavy atom. The molecular weight excluding hydrogens is 332 g/mol. The molecule has 4 nitrogen and oxygen atoms in total. The molecule has 21 heavy (non-hydrogen) atoms. The van der Waals surface area contributed by atoms with Crippen LogP contribution in [0.1, 0.15) is 38.9 Å². The summed E-state index contributed by atoms with van der Waals surface area (Å²) in [5.74, 6) is 0.658. The van der Waals surface area contributed by atoms with Crippen LogP contribution in [0.2, 0.25) is 0 Å². The van der Waals surface area contributed by atoms with Gasteiger partial charge in [-0.25, -0.2) is 4.98 Å². The lowest BCUT2D eigenvalue weighted by Crippen LogP contribution is -2.21. The predicted octanol–water partition coefficient (Wildman–Crippen LogP) is 4.03. The number of carbonyl (C=O) groups is 1. The second-order valence-electron chi connectivity index (χ2n) is 5.60. The van der Waals surface area contributed by atoms with Gasteiger partial charge in [-0.1, -0.05) is 29.8 Å². The molecule has 2 rings (SSSR count). The molecule has 0 aliphatic carbocycles. The molecule has 1 aromatic heterocycles. The van der Waals surface area contributed by atoms with Crippen molar-refractivity contribution in [3.8, 4) is 0 Å². The fourth-order valence-corrected chi connectivity index (χ4v) is 2.87. The molecule has 5 heteroatoms.